The summed E-state index contributed by atoms with van der Waals surface area (Å²) in [5, 5.41) is 12.6. The topological polar surface area (TPSA) is 50.9 Å². The monoisotopic (exact) mass is 1100 g/mol. The van der Waals surface area contributed by atoms with Crippen LogP contribution in [0.2, 0.25) is 0 Å². The quantitative estimate of drug-likeness (QED) is 0.162. The molecule has 0 saturated heterocycles. The molecule has 9 aromatic rings. The first-order valence-corrected chi connectivity index (χ1v) is 24.1. The van der Waals surface area contributed by atoms with Crippen molar-refractivity contribution < 1.29 is 30.3 Å². The van der Waals surface area contributed by atoms with Gasteiger partial charge in [-0.15, -0.1) is 29.3 Å². The van der Waals surface area contributed by atoms with Crippen LogP contribution in [-0.2, 0) is 42.7 Å². The van der Waals surface area contributed by atoms with Gasteiger partial charge >= 0.3 is 0 Å². The maximum atomic E-state index is 12.6. The van der Waals surface area contributed by atoms with Gasteiger partial charge in [-0.1, -0.05) is 203 Å². The van der Waals surface area contributed by atoms with Crippen LogP contribution in [0.25, 0.3) is 83.9 Å². The molecular weight excluding hydrogens is 1030 g/mol. The van der Waals surface area contributed by atoms with Gasteiger partial charge in [-0.2, -0.15) is 0 Å². The first-order chi connectivity index (χ1) is 33.8. The van der Waals surface area contributed by atoms with E-state index in [0.29, 0.717) is 22.5 Å². The van der Waals surface area contributed by atoms with Crippen molar-refractivity contribution in [2.24, 2.45) is 0 Å². The molecule has 4 nitrogen and oxygen atoms in total. The van der Waals surface area contributed by atoms with Crippen LogP contribution in [0, 0.1) is 12.9 Å². The predicted molar refractivity (Wildman–Crippen MR) is 292 cm³/mol. The summed E-state index contributed by atoms with van der Waals surface area (Å²) in [4.78, 5) is 10.6. The average molecular weight is 1100 g/mol. The number of para-hydroxylation sites is 1. The Kier molecular flexibility index (Phi) is 12.3. The number of pyridine rings is 1. The Morgan fingerprint density at radius 1 is 0.500 bits per heavy atom. The van der Waals surface area contributed by atoms with Gasteiger partial charge in [0.05, 0.1) is 22.3 Å². The second kappa shape index (κ2) is 18.8. The number of rotatable bonds is 7. The predicted octanol–water partition coefficient (Wildman–Crippen LogP) is 17.4. The van der Waals surface area contributed by atoms with Crippen LogP contribution in [-0.4, -0.2) is 19.6 Å². The Labute approximate surface area is 435 Å². The summed E-state index contributed by atoms with van der Waals surface area (Å²) < 4.78 is 26.6. The van der Waals surface area contributed by atoms with E-state index in [4.69, 9.17) is 14.1 Å². The normalized spacial score (nSPS) is 13.1. The van der Waals surface area contributed by atoms with E-state index in [2.05, 4.69) is 191 Å². The van der Waals surface area contributed by atoms with Gasteiger partial charge in [-0.05, 0) is 103 Å². The Hall–Kier alpha value is -6.35. The number of nitrogens with zero attached hydrogens (tertiary/aromatic N) is 3. The number of benzene rings is 7. The fourth-order valence-electron chi connectivity index (χ4n) is 9.22. The van der Waals surface area contributed by atoms with E-state index in [9.17, 15) is 5.11 Å². The molecule has 0 fully saturated rings. The number of hydrogen-bond donors (Lipinski definition) is 1. The number of phenols is 1. The van der Waals surface area contributed by atoms with Crippen molar-refractivity contribution in [1.82, 2.24) is 14.5 Å². The van der Waals surface area contributed by atoms with Gasteiger partial charge in [-0.3, -0.25) is 9.55 Å². The molecule has 0 spiro atoms. The van der Waals surface area contributed by atoms with Crippen LogP contribution in [0.1, 0.15) is 115 Å². The van der Waals surface area contributed by atoms with Gasteiger partial charge in [0.25, 0.3) is 0 Å². The molecule has 358 valence electrons. The maximum Gasteiger partial charge on any atom is 0.148 e. The van der Waals surface area contributed by atoms with Gasteiger partial charge < -0.3 is 5.11 Å². The summed E-state index contributed by atoms with van der Waals surface area (Å²) in [6.07, 6.45) is 1.84. The largest absolute Gasteiger partial charge is 0.507 e. The van der Waals surface area contributed by atoms with Gasteiger partial charge in [0.2, 0.25) is 0 Å². The zero-order valence-corrected chi connectivity index (χ0v) is 44.9. The number of fused-ring (bicyclic) bond motifs is 1. The molecule has 5 heteroatoms. The third-order valence-electron chi connectivity index (χ3n) is 13.4. The van der Waals surface area contributed by atoms with E-state index >= 15 is 0 Å². The molecular formula is C65H66N3OPt-. The molecule has 0 atom stereocenters. The summed E-state index contributed by atoms with van der Waals surface area (Å²) in [6, 6.07) is 55.7. The number of phenolic OH excluding ortho intramolecular Hbond substituents is 1. The molecule has 70 heavy (non-hydrogen) atoms. The van der Waals surface area contributed by atoms with Gasteiger partial charge in [0, 0.05) is 48.2 Å². The first kappa shape index (κ1) is 46.1. The molecule has 0 aliphatic carbocycles. The maximum absolute atomic E-state index is 12.6. The third-order valence-corrected chi connectivity index (χ3v) is 13.4. The molecule has 0 aliphatic rings. The Morgan fingerprint density at radius 2 is 1.10 bits per heavy atom. The molecule has 0 saturated carbocycles. The van der Waals surface area contributed by atoms with Crippen LogP contribution < -0.4 is 0 Å². The van der Waals surface area contributed by atoms with Crippen molar-refractivity contribution in [1.29, 1.82) is 0 Å². The van der Waals surface area contributed by atoms with E-state index in [0.717, 1.165) is 83.6 Å². The first-order valence-electron chi connectivity index (χ1n) is 25.6. The summed E-state index contributed by atoms with van der Waals surface area (Å²) in [6.45, 7) is 24.3. The van der Waals surface area contributed by atoms with Crippen molar-refractivity contribution in [3.63, 3.8) is 0 Å². The molecule has 0 radical (unpaired) electrons. The van der Waals surface area contributed by atoms with E-state index < -0.39 is 6.85 Å². The van der Waals surface area contributed by atoms with E-state index in [1.165, 1.54) is 5.56 Å². The van der Waals surface area contributed by atoms with Crippen molar-refractivity contribution in [2.75, 3.05) is 0 Å². The average Bonchev–Trinajstić information content (AvgIpc) is 3.72. The molecule has 7 aromatic carbocycles. The van der Waals surface area contributed by atoms with Gasteiger partial charge in [0.15, 0.2) is 0 Å². The van der Waals surface area contributed by atoms with Crippen LogP contribution in [0.3, 0.4) is 0 Å². The van der Waals surface area contributed by atoms with Crippen LogP contribution in [0.5, 0.6) is 5.75 Å². The third kappa shape index (κ3) is 9.86. The molecule has 0 amide bonds. The van der Waals surface area contributed by atoms with Gasteiger partial charge in [0.1, 0.15) is 11.6 Å². The number of aryl methyl sites for hydroxylation is 1. The Bertz CT molecular complexity index is 3490. The van der Waals surface area contributed by atoms with E-state index in [1.54, 1.807) is 12.1 Å². The molecule has 1 N–H and O–H groups in total. The minimum absolute atomic E-state index is 0. The van der Waals surface area contributed by atoms with Crippen LogP contribution in [0.15, 0.2) is 158 Å². The number of hydrogen-bond acceptors (Lipinski definition) is 3. The summed E-state index contributed by atoms with van der Waals surface area (Å²) in [5.41, 5.74) is 16.2. The smallest absolute Gasteiger partial charge is 0.148 e. The molecule has 2 heterocycles. The number of aromatic nitrogens is 3. The van der Waals surface area contributed by atoms with E-state index in [-0.39, 0.29) is 48.5 Å². The fourth-order valence-corrected chi connectivity index (χ4v) is 9.22. The summed E-state index contributed by atoms with van der Waals surface area (Å²) >= 11 is 0. The fraction of sp³-hybridized carbons (Fsp3) is 0.262. The van der Waals surface area contributed by atoms with Crippen LogP contribution >= 0.6 is 0 Å². The SMILES string of the molecule is [2H]C([2H])([2H])c1ccccc1-c1ccc(-c2ccnc(-c3[c-]c(-c4cccc5c4nc(-c4cc(C(C)(C)C)cc(C(C)(C)C)c4O)n5-c4ccc(C(C)(C)C)cc4-c4ccccc4)cc(C(C)(C)C)c3)c2)cc1.[Pt]. The van der Waals surface area contributed by atoms with E-state index in [1.807, 2.05) is 48.7 Å². The van der Waals surface area contributed by atoms with Crippen molar-refractivity contribution in [3.05, 3.63) is 192 Å². The minimum Gasteiger partial charge on any atom is -0.507 e. The molecule has 9 rings (SSSR count). The molecule has 0 unspecified atom stereocenters. The second-order valence-corrected chi connectivity index (χ2v) is 22.7. The zero-order chi connectivity index (χ0) is 51.7. The Balaban J connectivity index is 0.00000711. The molecule has 2 aromatic heterocycles. The number of aromatic hydroxyl groups is 1. The minimum atomic E-state index is -2.22. The van der Waals surface area contributed by atoms with Crippen molar-refractivity contribution >= 4 is 11.0 Å². The summed E-state index contributed by atoms with van der Waals surface area (Å²) in [7, 11) is 0. The summed E-state index contributed by atoms with van der Waals surface area (Å²) in [5.74, 6) is 0.882. The van der Waals surface area contributed by atoms with Crippen molar-refractivity contribution in [2.45, 2.75) is 112 Å². The van der Waals surface area contributed by atoms with Gasteiger partial charge in [-0.25, -0.2) is 4.98 Å². The second-order valence-electron chi connectivity index (χ2n) is 22.7. The Morgan fingerprint density at radius 3 is 1.77 bits per heavy atom. The molecule has 0 aliphatic heterocycles. The van der Waals surface area contributed by atoms with Crippen molar-refractivity contribution in [3.8, 4) is 78.6 Å². The number of imidazole rings is 1. The standard InChI is InChI=1S/C65H66N3O.Pt/c1-41-20-17-18-23-51(41)44-28-26-42(27-29-44)45-32-33-66-56(37-45)47-34-46(35-49(36-47)63(5,6)7)52-24-19-25-58-59(52)67-61(54-39-50(64(8,9)10)40-55(60(54)69)65(11,12)13)68(58)57-31-30-48(62(2,3)4)38-53(57)43-21-15-14-16-22-43;/h14-33,35-40,69H,1-13H3;/q-1;/i1D3;. The van der Waals surface area contributed by atoms with Crippen LogP contribution in [0.4, 0.5) is 0 Å². The molecule has 0 bridgehead atoms. The zero-order valence-electron chi connectivity index (χ0n) is 45.6.